The summed E-state index contributed by atoms with van der Waals surface area (Å²) in [6.07, 6.45) is 3.84. The Hall–Kier alpha value is -1.84. The maximum absolute atomic E-state index is 11.8. The van der Waals surface area contributed by atoms with Crippen LogP contribution in [-0.4, -0.2) is 18.5 Å². The zero-order valence-electron chi connectivity index (χ0n) is 15.4. The number of carbonyl (C=O) groups is 2. The Labute approximate surface area is 145 Å². The van der Waals surface area contributed by atoms with Gasteiger partial charge in [0.05, 0.1) is 6.61 Å². The molecule has 0 unspecified atom stereocenters. The number of rotatable bonds is 9. The van der Waals surface area contributed by atoms with Crippen LogP contribution in [-0.2, 0) is 19.7 Å². The van der Waals surface area contributed by atoms with Crippen molar-refractivity contribution in [2.75, 3.05) is 6.61 Å². The van der Waals surface area contributed by atoms with Crippen LogP contribution in [0, 0.1) is 0 Å². The second-order valence-electron chi connectivity index (χ2n) is 7.03. The number of hydrogen-bond donors (Lipinski definition) is 0. The average molecular weight is 334 g/mol. The van der Waals surface area contributed by atoms with E-state index in [-0.39, 0.29) is 17.4 Å². The molecule has 0 saturated heterocycles. The normalized spacial score (nSPS) is 11.2. The van der Waals surface area contributed by atoms with E-state index in [1.165, 1.54) is 5.56 Å². The van der Waals surface area contributed by atoms with Crippen molar-refractivity contribution in [1.29, 1.82) is 0 Å². The summed E-state index contributed by atoms with van der Waals surface area (Å²) in [6, 6.07) is 7.61. The van der Waals surface area contributed by atoms with E-state index in [1.54, 1.807) is 0 Å². The lowest BCUT2D eigenvalue weighted by Gasteiger charge is -2.18. The quantitative estimate of drug-likeness (QED) is 0.370. The van der Waals surface area contributed by atoms with Gasteiger partial charge in [0.2, 0.25) is 0 Å². The van der Waals surface area contributed by atoms with E-state index in [9.17, 15) is 9.59 Å². The van der Waals surface area contributed by atoms with Crippen molar-refractivity contribution in [3.8, 4) is 5.75 Å². The van der Waals surface area contributed by atoms with E-state index < -0.39 is 0 Å². The first-order chi connectivity index (χ1) is 11.3. The summed E-state index contributed by atoms with van der Waals surface area (Å²) in [6.45, 7) is 8.96. The van der Waals surface area contributed by atoms with Gasteiger partial charge in [0, 0.05) is 12.8 Å². The number of benzene rings is 1. The van der Waals surface area contributed by atoms with Crippen LogP contribution in [0.4, 0.5) is 0 Å². The monoisotopic (exact) mass is 334 g/mol. The van der Waals surface area contributed by atoms with Gasteiger partial charge in [-0.25, -0.2) is 0 Å². The fourth-order valence-electron chi connectivity index (χ4n) is 2.15. The van der Waals surface area contributed by atoms with Crippen molar-refractivity contribution in [3.05, 3.63) is 29.8 Å². The third kappa shape index (κ3) is 8.14. The molecule has 0 aromatic heterocycles. The Bertz CT molecular complexity index is 511. The summed E-state index contributed by atoms with van der Waals surface area (Å²) in [4.78, 5) is 23.2. The molecule has 0 heterocycles. The maximum atomic E-state index is 11.8. The van der Waals surface area contributed by atoms with Crippen molar-refractivity contribution < 1.29 is 19.1 Å². The Kier molecular flexibility index (Phi) is 8.51. The number of unbranched alkanes of at least 4 members (excludes halogenated alkanes) is 2. The molecule has 0 spiro atoms. The van der Waals surface area contributed by atoms with Crippen molar-refractivity contribution in [1.82, 2.24) is 0 Å². The lowest BCUT2D eigenvalue weighted by Crippen LogP contribution is -2.11. The highest BCUT2D eigenvalue weighted by Crippen LogP contribution is 2.24. The molecule has 1 aromatic rings. The van der Waals surface area contributed by atoms with Gasteiger partial charge in [0.15, 0.2) is 0 Å². The lowest BCUT2D eigenvalue weighted by atomic mass is 9.87. The fraction of sp³-hybridized carbons (Fsp3) is 0.600. The zero-order valence-corrected chi connectivity index (χ0v) is 15.4. The first kappa shape index (κ1) is 20.2. The summed E-state index contributed by atoms with van der Waals surface area (Å²) >= 11 is 0. The van der Waals surface area contributed by atoms with Gasteiger partial charge < -0.3 is 9.47 Å². The van der Waals surface area contributed by atoms with E-state index >= 15 is 0 Å². The molecule has 0 radical (unpaired) electrons. The van der Waals surface area contributed by atoms with Crippen molar-refractivity contribution >= 4 is 11.9 Å². The molecule has 0 amide bonds. The molecule has 24 heavy (non-hydrogen) atoms. The van der Waals surface area contributed by atoms with Crippen LogP contribution in [0.15, 0.2) is 24.3 Å². The molecule has 0 aliphatic heterocycles. The van der Waals surface area contributed by atoms with Gasteiger partial charge in [0.25, 0.3) is 0 Å². The van der Waals surface area contributed by atoms with Gasteiger partial charge in [-0.2, -0.15) is 0 Å². The van der Waals surface area contributed by atoms with Crippen LogP contribution in [0.25, 0.3) is 0 Å². The predicted molar refractivity (Wildman–Crippen MR) is 95.1 cm³/mol. The van der Waals surface area contributed by atoms with Crippen LogP contribution in [0.1, 0.15) is 71.8 Å². The molecular weight excluding hydrogens is 304 g/mol. The molecule has 0 N–H and O–H groups in total. The third-order valence-corrected chi connectivity index (χ3v) is 3.72. The van der Waals surface area contributed by atoms with E-state index in [4.69, 9.17) is 9.47 Å². The van der Waals surface area contributed by atoms with Gasteiger partial charge in [-0.1, -0.05) is 46.2 Å². The van der Waals surface area contributed by atoms with E-state index in [0.717, 1.165) is 12.8 Å². The van der Waals surface area contributed by atoms with Gasteiger partial charge in [0.1, 0.15) is 5.75 Å². The van der Waals surface area contributed by atoms with Crippen LogP contribution < -0.4 is 4.74 Å². The van der Waals surface area contributed by atoms with Crippen molar-refractivity contribution in [3.63, 3.8) is 0 Å². The van der Waals surface area contributed by atoms with E-state index in [0.29, 0.717) is 38.0 Å². The summed E-state index contributed by atoms with van der Waals surface area (Å²) < 4.78 is 10.4. The second-order valence-corrected chi connectivity index (χ2v) is 7.03. The molecule has 1 aromatic carbocycles. The molecule has 0 aliphatic carbocycles. The summed E-state index contributed by atoms with van der Waals surface area (Å²) in [7, 11) is 0. The molecule has 134 valence electrons. The first-order valence-electron chi connectivity index (χ1n) is 8.79. The first-order valence-corrected chi connectivity index (χ1v) is 8.79. The number of ether oxygens (including phenoxy) is 2. The number of carbonyl (C=O) groups excluding carboxylic acids is 2. The van der Waals surface area contributed by atoms with Crippen LogP contribution in [0.2, 0.25) is 0 Å². The highest BCUT2D eigenvalue weighted by Gasteiger charge is 2.13. The minimum atomic E-state index is -0.266. The molecule has 0 saturated carbocycles. The number of esters is 2. The zero-order chi connectivity index (χ0) is 18.0. The summed E-state index contributed by atoms with van der Waals surface area (Å²) in [5, 5.41) is 0. The molecule has 1 rings (SSSR count). The molecule has 0 atom stereocenters. The third-order valence-electron chi connectivity index (χ3n) is 3.72. The van der Waals surface area contributed by atoms with E-state index in [2.05, 4.69) is 27.7 Å². The fourth-order valence-corrected chi connectivity index (χ4v) is 2.15. The molecular formula is C20H30O4. The Morgan fingerprint density at radius 1 is 0.917 bits per heavy atom. The van der Waals surface area contributed by atoms with E-state index in [1.807, 2.05) is 24.3 Å². The van der Waals surface area contributed by atoms with Crippen LogP contribution >= 0.6 is 0 Å². The Morgan fingerprint density at radius 2 is 1.50 bits per heavy atom. The maximum Gasteiger partial charge on any atom is 0.311 e. The molecule has 4 heteroatoms. The van der Waals surface area contributed by atoms with Crippen molar-refractivity contribution in [2.45, 2.75) is 71.6 Å². The van der Waals surface area contributed by atoms with Gasteiger partial charge >= 0.3 is 11.9 Å². The summed E-state index contributed by atoms with van der Waals surface area (Å²) in [5.74, 6) is 0.111. The van der Waals surface area contributed by atoms with Gasteiger partial charge in [-0.05, 0) is 42.4 Å². The Balaban J connectivity index is 2.23. The molecule has 0 bridgehead atoms. The van der Waals surface area contributed by atoms with Crippen molar-refractivity contribution in [2.24, 2.45) is 0 Å². The average Bonchev–Trinajstić information content (AvgIpc) is 2.51. The smallest absolute Gasteiger partial charge is 0.311 e. The standard InChI is InChI=1S/C20H30O4/c1-5-6-15-23-18(21)9-7-8-10-19(22)24-17-13-11-16(12-14-17)20(2,3)4/h11-14H,5-10,15H2,1-4H3. The largest absolute Gasteiger partial charge is 0.466 e. The topological polar surface area (TPSA) is 52.6 Å². The predicted octanol–water partition coefficient (Wildman–Crippen LogP) is 4.79. The SMILES string of the molecule is CCCCOC(=O)CCCCC(=O)Oc1ccc(C(C)(C)C)cc1. The number of hydrogen-bond acceptors (Lipinski definition) is 4. The minimum absolute atomic E-state index is 0.0777. The van der Waals surface area contributed by atoms with Gasteiger partial charge in [-0.3, -0.25) is 9.59 Å². The highest BCUT2D eigenvalue weighted by atomic mass is 16.5. The minimum Gasteiger partial charge on any atom is -0.466 e. The highest BCUT2D eigenvalue weighted by molar-refractivity contribution is 5.72. The van der Waals surface area contributed by atoms with Crippen LogP contribution in [0.5, 0.6) is 5.75 Å². The summed E-state index contributed by atoms with van der Waals surface area (Å²) in [5.41, 5.74) is 1.28. The molecule has 4 nitrogen and oxygen atoms in total. The van der Waals surface area contributed by atoms with Crippen LogP contribution in [0.3, 0.4) is 0 Å². The molecule has 0 aliphatic rings. The Morgan fingerprint density at radius 3 is 2.04 bits per heavy atom. The second kappa shape index (κ2) is 10.1. The molecule has 0 fully saturated rings. The van der Waals surface area contributed by atoms with Gasteiger partial charge in [-0.15, -0.1) is 0 Å². The lowest BCUT2D eigenvalue weighted by molar-refractivity contribution is -0.144.